The smallest absolute Gasteiger partial charge is 0.397 e. The summed E-state index contributed by atoms with van der Waals surface area (Å²) in [6.45, 7) is 6.25. The van der Waals surface area contributed by atoms with E-state index in [-0.39, 0.29) is 6.61 Å². The summed E-state index contributed by atoms with van der Waals surface area (Å²) < 4.78 is 41.3. The molecule has 0 spiro atoms. The monoisotopic (exact) mass is 320 g/mol. The number of hydrogen-bond donors (Lipinski definition) is 2. The summed E-state index contributed by atoms with van der Waals surface area (Å²) in [6.07, 6.45) is -0.0329. The molecular formula is C13H20O7S. The van der Waals surface area contributed by atoms with Crippen molar-refractivity contribution in [1.82, 2.24) is 0 Å². The van der Waals surface area contributed by atoms with Gasteiger partial charge in [-0.25, -0.2) is 4.18 Å². The second-order valence-corrected chi connectivity index (χ2v) is 4.83. The number of benzene rings is 1. The van der Waals surface area contributed by atoms with Gasteiger partial charge in [0, 0.05) is 0 Å². The minimum Gasteiger partial charge on any atom is -0.465 e. The van der Waals surface area contributed by atoms with E-state index >= 15 is 0 Å². The summed E-state index contributed by atoms with van der Waals surface area (Å²) in [5.74, 6) is 0.732. The first-order valence-corrected chi connectivity index (χ1v) is 7.39. The third kappa shape index (κ3) is 13.3. The largest absolute Gasteiger partial charge is 0.465 e. The molecule has 1 aromatic carbocycles. The van der Waals surface area contributed by atoms with Gasteiger partial charge in [-0.1, -0.05) is 24.3 Å². The average Bonchev–Trinajstić information content (AvgIpc) is 2.36. The summed E-state index contributed by atoms with van der Waals surface area (Å²) in [4.78, 5) is 0. The Morgan fingerprint density at radius 3 is 2.24 bits per heavy atom. The lowest BCUT2D eigenvalue weighted by Crippen LogP contribution is -2.21. The van der Waals surface area contributed by atoms with Crippen LogP contribution in [0.2, 0.25) is 0 Å². The van der Waals surface area contributed by atoms with Gasteiger partial charge in [0.25, 0.3) is 0 Å². The van der Waals surface area contributed by atoms with Gasteiger partial charge in [-0.15, -0.1) is 6.58 Å². The van der Waals surface area contributed by atoms with Crippen molar-refractivity contribution in [1.29, 1.82) is 0 Å². The second-order valence-electron chi connectivity index (χ2n) is 3.73. The third-order valence-corrected chi connectivity index (χ3v) is 2.20. The molecule has 0 fully saturated rings. The zero-order chi connectivity index (χ0) is 16.3. The van der Waals surface area contributed by atoms with E-state index in [0.717, 1.165) is 5.75 Å². The molecule has 2 unspecified atom stereocenters. The number of rotatable bonds is 7. The Bertz CT molecular complexity index is 485. The molecule has 21 heavy (non-hydrogen) atoms. The van der Waals surface area contributed by atoms with Crippen LogP contribution in [0.5, 0.6) is 5.75 Å². The lowest BCUT2D eigenvalue weighted by Gasteiger charge is -2.16. The SMILES string of the molecule is C=CCOS(=O)(=O)O.CC(O)OC(C)Oc1ccccc1. The van der Waals surface area contributed by atoms with E-state index in [1.54, 1.807) is 13.8 Å². The normalized spacial score (nSPS) is 13.5. The number of aliphatic hydroxyl groups excluding tert-OH is 1. The first kappa shape index (κ1) is 19.6. The van der Waals surface area contributed by atoms with Gasteiger partial charge in [0.1, 0.15) is 5.75 Å². The summed E-state index contributed by atoms with van der Waals surface area (Å²) in [6, 6.07) is 9.34. The summed E-state index contributed by atoms with van der Waals surface area (Å²) in [7, 11) is -4.26. The summed E-state index contributed by atoms with van der Waals surface area (Å²) >= 11 is 0. The molecule has 0 saturated heterocycles. The van der Waals surface area contributed by atoms with E-state index in [2.05, 4.69) is 10.8 Å². The first-order chi connectivity index (χ1) is 9.74. The maximum absolute atomic E-state index is 9.68. The van der Waals surface area contributed by atoms with Gasteiger partial charge in [0.15, 0.2) is 12.6 Å². The van der Waals surface area contributed by atoms with Crippen LogP contribution in [0.4, 0.5) is 0 Å². The minimum atomic E-state index is -4.26. The highest BCUT2D eigenvalue weighted by atomic mass is 32.3. The number of para-hydroxylation sites is 1. The highest BCUT2D eigenvalue weighted by molar-refractivity contribution is 7.80. The molecule has 0 bridgehead atoms. The standard InChI is InChI=1S/C10H14O3.C3H6O4S/c1-8(11)12-9(2)13-10-6-4-3-5-7-10;1-2-3-7-8(4,5)6/h3-9,11H,1-2H3;2H,1,3H2,(H,4,5,6). The Morgan fingerprint density at radius 1 is 1.29 bits per heavy atom. The van der Waals surface area contributed by atoms with Gasteiger partial charge in [0.05, 0.1) is 6.61 Å². The van der Waals surface area contributed by atoms with E-state index in [1.165, 1.54) is 6.08 Å². The van der Waals surface area contributed by atoms with Crippen LogP contribution in [0.15, 0.2) is 43.0 Å². The number of ether oxygens (including phenoxy) is 2. The molecule has 0 heterocycles. The Balaban J connectivity index is 0.000000433. The fourth-order valence-electron chi connectivity index (χ4n) is 1.13. The van der Waals surface area contributed by atoms with Gasteiger partial charge in [-0.3, -0.25) is 4.55 Å². The fraction of sp³-hybridized carbons (Fsp3) is 0.385. The molecule has 0 radical (unpaired) electrons. The van der Waals surface area contributed by atoms with Crippen molar-refractivity contribution in [2.24, 2.45) is 0 Å². The zero-order valence-electron chi connectivity index (χ0n) is 11.9. The predicted molar refractivity (Wildman–Crippen MR) is 77.0 cm³/mol. The molecule has 2 N–H and O–H groups in total. The highest BCUT2D eigenvalue weighted by Crippen LogP contribution is 2.11. The van der Waals surface area contributed by atoms with Gasteiger partial charge < -0.3 is 14.6 Å². The van der Waals surface area contributed by atoms with E-state index in [4.69, 9.17) is 19.1 Å². The molecule has 1 rings (SSSR count). The Morgan fingerprint density at radius 2 is 1.86 bits per heavy atom. The van der Waals surface area contributed by atoms with Crippen molar-refractivity contribution in [3.05, 3.63) is 43.0 Å². The predicted octanol–water partition coefficient (Wildman–Crippen LogP) is 1.76. The van der Waals surface area contributed by atoms with Crippen LogP contribution in [-0.4, -0.2) is 37.3 Å². The van der Waals surface area contributed by atoms with Crippen LogP contribution < -0.4 is 4.74 Å². The fourth-order valence-corrected chi connectivity index (χ4v) is 1.40. The van der Waals surface area contributed by atoms with Gasteiger partial charge in [-0.05, 0) is 26.0 Å². The molecule has 2 atom stereocenters. The Kier molecular flexibility index (Phi) is 9.59. The molecule has 8 heteroatoms. The van der Waals surface area contributed by atoms with Crippen LogP contribution in [-0.2, 0) is 19.3 Å². The maximum Gasteiger partial charge on any atom is 0.397 e. The molecule has 0 amide bonds. The van der Waals surface area contributed by atoms with E-state index < -0.39 is 23.0 Å². The molecule has 1 aromatic rings. The van der Waals surface area contributed by atoms with Gasteiger partial charge in [0.2, 0.25) is 0 Å². The zero-order valence-corrected chi connectivity index (χ0v) is 12.7. The van der Waals surface area contributed by atoms with E-state index in [0.29, 0.717) is 0 Å². The van der Waals surface area contributed by atoms with Crippen LogP contribution in [0.1, 0.15) is 13.8 Å². The van der Waals surface area contributed by atoms with Crippen molar-refractivity contribution in [3.8, 4) is 5.75 Å². The van der Waals surface area contributed by atoms with Crippen LogP contribution >= 0.6 is 0 Å². The van der Waals surface area contributed by atoms with E-state index in [1.807, 2.05) is 30.3 Å². The summed E-state index contributed by atoms with van der Waals surface area (Å²) in [5.41, 5.74) is 0. The lowest BCUT2D eigenvalue weighted by molar-refractivity contribution is -0.179. The van der Waals surface area contributed by atoms with Gasteiger partial charge >= 0.3 is 10.4 Å². The highest BCUT2D eigenvalue weighted by Gasteiger charge is 2.06. The quantitative estimate of drug-likeness (QED) is 0.448. The molecule has 0 aliphatic carbocycles. The number of hydrogen-bond acceptors (Lipinski definition) is 6. The van der Waals surface area contributed by atoms with Gasteiger partial charge in [-0.2, -0.15) is 8.42 Å². The van der Waals surface area contributed by atoms with Crippen molar-refractivity contribution in [2.45, 2.75) is 26.4 Å². The number of aliphatic hydroxyl groups is 1. The topological polar surface area (TPSA) is 102 Å². The molecular weight excluding hydrogens is 300 g/mol. The first-order valence-electron chi connectivity index (χ1n) is 6.02. The van der Waals surface area contributed by atoms with E-state index in [9.17, 15) is 8.42 Å². The van der Waals surface area contributed by atoms with Crippen LogP contribution in [0.3, 0.4) is 0 Å². The Hall–Kier alpha value is -1.45. The third-order valence-electron chi connectivity index (χ3n) is 1.77. The molecule has 120 valence electrons. The second kappa shape index (κ2) is 10.3. The Labute approximate surface area is 124 Å². The van der Waals surface area contributed by atoms with Crippen molar-refractivity contribution in [2.75, 3.05) is 6.61 Å². The minimum absolute atomic E-state index is 0.196. The van der Waals surface area contributed by atoms with Crippen molar-refractivity contribution < 1.29 is 31.7 Å². The molecule has 7 nitrogen and oxygen atoms in total. The van der Waals surface area contributed by atoms with Crippen LogP contribution in [0.25, 0.3) is 0 Å². The lowest BCUT2D eigenvalue weighted by atomic mass is 10.3. The average molecular weight is 320 g/mol. The van der Waals surface area contributed by atoms with Crippen molar-refractivity contribution in [3.63, 3.8) is 0 Å². The van der Waals surface area contributed by atoms with Crippen LogP contribution in [0, 0.1) is 0 Å². The maximum atomic E-state index is 9.68. The molecule has 0 aromatic heterocycles. The molecule has 0 aliphatic rings. The molecule has 0 aliphatic heterocycles. The van der Waals surface area contributed by atoms with Crippen molar-refractivity contribution >= 4 is 10.4 Å². The molecule has 0 saturated carbocycles. The summed E-state index contributed by atoms with van der Waals surface area (Å²) in [5, 5.41) is 8.90.